The topological polar surface area (TPSA) is 97.6 Å². The van der Waals surface area contributed by atoms with Gasteiger partial charge in [0.1, 0.15) is 29.8 Å². The maximum absolute atomic E-state index is 10.7. The zero-order chi connectivity index (χ0) is 20.1. The van der Waals surface area contributed by atoms with Crippen molar-refractivity contribution in [2.75, 3.05) is 14.2 Å². The Kier molecular flexibility index (Phi) is 4.81. The number of fused-ring (bicyclic) bond motifs is 2. The van der Waals surface area contributed by atoms with Crippen molar-refractivity contribution in [2.24, 2.45) is 0 Å². The van der Waals surface area contributed by atoms with Gasteiger partial charge in [-0.15, -0.1) is 0 Å². The predicted octanol–water partition coefficient (Wildman–Crippen LogP) is 1.56. The number of hydrogen-bond donors (Lipinski definition) is 3. The molecule has 0 unspecified atom stereocenters. The van der Waals surface area contributed by atoms with Gasteiger partial charge in [0.05, 0.1) is 26.9 Å². The molecule has 4 rings (SSSR count). The van der Waals surface area contributed by atoms with Crippen LogP contribution in [0.15, 0.2) is 36.4 Å². The second-order valence-corrected chi connectivity index (χ2v) is 7.14. The molecule has 2 heterocycles. The third-order valence-electron chi connectivity index (χ3n) is 5.55. The van der Waals surface area contributed by atoms with Crippen molar-refractivity contribution < 1.29 is 34.3 Å². The average Bonchev–Trinajstić information content (AvgIpc) is 3.08. The predicted molar refractivity (Wildman–Crippen MR) is 100 cm³/mol. The third kappa shape index (κ3) is 2.78. The van der Waals surface area contributed by atoms with Crippen molar-refractivity contribution in [2.45, 2.75) is 43.7 Å². The molecule has 1 saturated heterocycles. The number of ether oxygens (including phenoxy) is 4. The van der Waals surface area contributed by atoms with Crippen molar-refractivity contribution in [1.29, 1.82) is 0 Å². The minimum absolute atomic E-state index is 0.196. The van der Waals surface area contributed by atoms with E-state index >= 15 is 0 Å². The van der Waals surface area contributed by atoms with Gasteiger partial charge in [0.25, 0.3) is 0 Å². The van der Waals surface area contributed by atoms with Gasteiger partial charge in [-0.1, -0.05) is 12.1 Å². The van der Waals surface area contributed by atoms with Crippen molar-refractivity contribution in [3.8, 4) is 22.6 Å². The van der Waals surface area contributed by atoms with Gasteiger partial charge in [-0.3, -0.25) is 0 Å². The summed E-state index contributed by atoms with van der Waals surface area (Å²) in [7, 11) is 3.20. The van der Waals surface area contributed by atoms with Crippen molar-refractivity contribution >= 4 is 0 Å². The zero-order valence-electron chi connectivity index (χ0n) is 16.0. The molecule has 0 saturated carbocycles. The molecule has 7 nitrogen and oxygen atoms in total. The molecule has 150 valence electrons. The SMILES string of the molecule is COc1ccc(-c2cc3c(cc2OC)CO[C@]32O[C@H](C)[C@@H](O)[C@H](O)[C@H]2O)cc1. The van der Waals surface area contributed by atoms with Crippen molar-refractivity contribution in [1.82, 2.24) is 0 Å². The second kappa shape index (κ2) is 7.02. The summed E-state index contributed by atoms with van der Waals surface area (Å²) in [5, 5.41) is 31.1. The minimum atomic E-state index is -1.54. The lowest BCUT2D eigenvalue weighted by Crippen LogP contribution is -2.61. The number of methoxy groups -OCH3 is 2. The molecule has 2 aliphatic heterocycles. The standard InChI is InChI=1S/C21H24O7/c1-11-18(22)19(23)20(24)21(28-11)16-9-15(12-4-6-14(25-2)7-5-12)17(26-3)8-13(16)10-27-21/h4-9,11,18-20,22-24H,10H2,1-3H3/t11-,18-,19+,20-,21+/m1/s1. The van der Waals surface area contributed by atoms with E-state index in [0.29, 0.717) is 11.3 Å². The van der Waals surface area contributed by atoms with E-state index in [1.54, 1.807) is 21.1 Å². The van der Waals surface area contributed by atoms with Gasteiger partial charge >= 0.3 is 0 Å². The van der Waals surface area contributed by atoms with Crippen LogP contribution in [0.5, 0.6) is 11.5 Å². The third-order valence-corrected chi connectivity index (χ3v) is 5.55. The number of hydrogen-bond acceptors (Lipinski definition) is 7. The van der Waals surface area contributed by atoms with Crippen LogP contribution in [-0.4, -0.2) is 54.0 Å². The van der Waals surface area contributed by atoms with E-state index in [0.717, 1.165) is 22.4 Å². The minimum Gasteiger partial charge on any atom is -0.497 e. The summed E-state index contributed by atoms with van der Waals surface area (Å²) in [5.74, 6) is -0.148. The van der Waals surface area contributed by atoms with Crippen molar-refractivity contribution in [3.05, 3.63) is 47.5 Å². The van der Waals surface area contributed by atoms with E-state index in [1.807, 2.05) is 36.4 Å². The molecule has 3 N–H and O–H groups in total. The van der Waals surface area contributed by atoms with Crippen molar-refractivity contribution in [3.63, 3.8) is 0 Å². The smallest absolute Gasteiger partial charge is 0.225 e. The molecule has 0 aliphatic carbocycles. The van der Waals surface area contributed by atoms with Gasteiger partial charge in [-0.2, -0.15) is 0 Å². The monoisotopic (exact) mass is 388 g/mol. The highest BCUT2D eigenvalue weighted by Gasteiger charge is 2.57. The lowest BCUT2D eigenvalue weighted by molar-refractivity contribution is -0.362. The van der Waals surface area contributed by atoms with Gasteiger partial charge in [0.2, 0.25) is 5.79 Å². The van der Waals surface area contributed by atoms with Gasteiger partial charge in [-0.25, -0.2) is 0 Å². The number of rotatable bonds is 3. The molecular formula is C21H24O7. The van der Waals surface area contributed by atoms with Crippen LogP contribution in [0.2, 0.25) is 0 Å². The summed E-state index contributed by atoms with van der Waals surface area (Å²) in [6.07, 6.45) is -4.73. The summed E-state index contributed by atoms with van der Waals surface area (Å²) in [5.41, 5.74) is 3.09. The van der Waals surface area contributed by atoms with Gasteiger partial charge < -0.3 is 34.3 Å². The molecule has 28 heavy (non-hydrogen) atoms. The van der Waals surface area contributed by atoms with Gasteiger partial charge in [0.15, 0.2) is 0 Å². The maximum Gasteiger partial charge on any atom is 0.225 e. The Morgan fingerprint density at radius 1 is 1.00 bits per heavy atom. The van der Waals surface area contributed by atoms with E-state index < -0.39 is 30.2 Å². The van der Waals surface area contributed by atoms with Crippen LogP contribution in [0.4, 0.5) is 0 Å². The van der Waals surface area contributed by atoms with Crippen LogP contribution >= 0.6 is 0 Å². The highest BCUT2D eigenvalue weighted by molar-refractivity contribution is 5.73. The Labute approximate surface area is 163 Å². The Balaban J connectivity index is 1.83. The molecule has 0 bridgehead atoms. The summed E-state index contributed by atoms with van der Waals surface area (Å²) in [4.78, 5) is 0. The largest absolute Gasteiger partial charge is 0.497 e. The lowest BCUT2D eigenvalue weighted by Gasteiger charge is -2.45. The maximum atomic E-state index is 10.7. The Morgan fingerprint density at radius 2 is 1.71 bits per heavy atom. The number of aliphatic hydroxyl groups is 3. The normalized spacial score (nSPS) is 31.6. The fraction of sp³-hybridized carbons (Fsp3) is 0.429. The van der Waals surface area contributed by atoms with E-state index in [-0.39, 0.29) is 6.61 Å². The van der Waals surface area contributed by atoms with Crippen LogP contribution in [-0.2, 0) is 21.9 Å². The first-order valence-corrected chi connectivity index (χ1v) is 9.13. The van der Waals surface area contributed by atoms with E-state index in [2.05, 4.69) is 0 Å². The lowest BCUT2D eigenvalue weighted by atomic mass is 9.86. The zero-order valence-corrected chi connectivity index (χ0v) is 16.0. The van der Waals surface area contributed by atoms with Crippen LogP contribution in [0.25, 0.3) is 11.1 Å². The Hall–Kier alpha value is -2.16. The molecule has 5 atom stereocenters. The molecule has 0 radical (unpaired) electrons. The first kappa shape index (κ1) is 19.2. The molecule has 0 aromatic heterocycles. The number of benzene rings is 2. The molecule has 2 aromatic carbocycles. The molecule has 1 fully saturated rings. The second-order valence-electron chi connectivity index (χ2n) is 7.14. The van der Waals surface area contributed by atoms with E-state index in [4.69, 9.17) is 18.9 Å². The fourth-order valence-electron chi connectivity index (χ4n) is 3.94. The van der Waals surface area contributed by atoms with Crippen LogP contribution in [0.1, 0.15) is 18.1 Å². The fourth-order valence-corrected chi connectivity index (χ4v) is 3.94. The van der Waals surface area contributed by atoms with E-state index in [1.165, 1.54) is 0 Å². The highest BCUT2D eigenvalue weighted by Crippen LogP contribution is 2.48. The summed E-state index contributed by atoms with van der Waals surface area (Å²) >= 11 is 0. The van der Waals surface area contributed by atoms with Crippen LogP contribution in [0.3, 0.4) is 0 Å². The molecule has 1 spiro atoms. The quantitative estimate of drug-likeness (QED) is 0.734. The van der Waals surface area contributed by atoms with Gasteiger partial charge in [-0.05, 0) is 42.3 Å². The molecular weight excluding hydrogens is 364 g/mol. The Bertz CT molecular complexity index is 866. The number of aliphatic hydroxyl groups excluding tert-OH is 3. The van der Waals surface area contributed by atoms with E-state index in [9.17, 15) is 15.3 Å². The summed E-state index contributed by atoms with van der Waals surface area (Å²) in [6, 6.07) is 11.2. The summed E-state index contributed by atoms with van der Waals surface area (Å²) in [6.45, 7) is 1.83. The molecule has 2 aromatic rings. The van der Waals surface area contributed by atoms with Crippen LogP contribution in [0, 0.1) is 0 Å². The highest BCUT2D eigenvalue weighted by atomic mass is 16.7. The molecule has 7 heteroatoms. The summed E-state index contributed by atoms with van der Waals surface area (Å²) < 4.78 is 22.6. The molecule has 2 aliphatic rings. The Morgan fingerprint density at radius 3 is 2.36 bits per heavy atom. The first-order chi connectivity index (χ1) is 13.4. The van der Waals surface area contributed by atoms with Crippen LogP contribution < -0.4 is 9.47 Å². The van der Waals surface area contributed by atoms with Gasteiger partial charge in [0, 0.05) is 11.1 Å². The first-order valence-electron chi connectivity index (χ1n) is 9.13. The average molecular weight is 388 g/mol. The molecule has 0 amide bonds.